The van der Waals surface area contributed by atoms with E-state index >= 15 is 0 Å². The largest absolute Gasteiger partial charge is 0.494 e. The smallest absolute Gasteiger partial charge is 0.264 e. The molecule has 0 saturated heterocycles. The van der Waals surface area contributed by atoms with Crippen molar-refractivity contribution < 1.29 is 22.7 Å². The summed E-state index contributed by atoms with van der Waals surface area (Å²) in [4.78, 5) is 30.0. The molecule has 0 radical (unpaired) electrons. The second-order valence-electron chi connectivity index (χ2n) is 12.2. The fourth-order valence-electron chi connectivity index (χ4n) is 5.03. The molecule has 0 spiro atoms. The van der Waals surface area contributed by atoms with E-state index in [1.54, 1.807) is 36.4 Å². The number of sulfonamides is 1. The van der Waals surface area contributed by atoms with Crippen molar-refractivity contribution in [2.45, 2.75) is 64.1 Å². The Morgan fingerprint density at radius 1 is 0.804 bits per heavy atom. The van der Waals surface area contributed by atoms with E-state index in [1.165, 1.54) is 17.0 Å². The van der Waals surface area contributed by atoms with E-state index in [2.05, 4.69) is 5.32 Å². The van der Waals surface area contributed by atoms with Crippen LogP contribution in [0.5, 0.6) is 5.75 Å². The number of anilines is 1. The van der Waals surface area contributed by atoms with Crippen LogP contribution in [0.15, 0.2) is 114 Å². The summed E-state index contributed by atoms with van der Waals surface area (Å²) >= 11 is 0. The van der Waals surface area contributed by atoms with Crippen molar-refractivity contribution in [1.29, 1.82) is 0 Å². The molecule has 0 saturated carbocycles. The van der Waals surface area contributed by atoms with Gasteiger partial charge in [0, 0.05) is 18.5 Å². The number of hydrogen-bond donors (Lipinski definition) is 1. The Morgan fingerprint density at radius 2 is 1.37 bits per heavy atom. The molecule has 1 N–H and O–H groups in total. The fourth-order valence-corrected chi connectivity index (χ4v) is 6.44. The van der Waals surface area contributed by atoms with Crippen LogP contribution in [0.4, 0.5) is 5.69 Å². The van der Waals surface area contributed by atoms with Gasteiger partial charge in [-0.1, -0.05) is 78.4 Å². The Kier molecular flexibility index (Phi) is 11.2. The summed E-state index contributed by atoms with van der Waals surface area (Å²) < 4.78 is 35.1. The van der Waals surface area contributed by atoms with Crippen LogP contribution in [-0.2, 0) is 32.6 Å². The lowest BCUT2D eigenvalue weighted by atomic mass is 10.0. The average Bonchev–Trinajstić information content (AvgIpc) is 3.02. The first kappa shape index (κ1) is 34.2. The zero-order valence-electron chi connectivity index (χ0n) is 27.1. The second-order valence-corrected chi connectivity index (χ2v) is 14.1. The summed E-state index contributed by atoms with van der Waals surface area (Å²) in [6.07, 6.45) is 0.248. The van der Waals surface area contributed by atoms with Gasteiger partial charge in [-0.15, -0.1) is 0 Å². The fraction of sp³-hybridized carbons (Fsp3) is 0.297. The highest BCUT2D eigenvalue weighted by atomic mass is 32.2. The van der Waals surface area contributed by atoms with Crippen LogP contribution in [0.1, 0.15) is 44.4 Å². The van der Waals surface area contributed by atoms with E-state index in [1.807, 2.05) is 95.3 Å². The third kappa shape index (κ3) is 9.20. The molecule has 4 aromatic rings. The molecule has 4 aromatic carbocycles. The second kappa shape index (κ2) is 15.1. The number of carbonyl (C=O) groups excluding carboxylic acids is 2. The van der Waals surface area contributed by atoms with Gasteiger partial charge in [0.1, 0.15) is 18.3 Å². The zero-order chi connectivity index (χ0) is 33.3. The molecule has 0 aliphatic carbocycles. The van der Waals surface area contributed by atoms with Crippen LogP contribution in [-0.4, -0.2) is 49.9 Å². The first-order valence-electron chi connectivity index (χ1n) is 15.4. The maximum absolute atomic E-state index is 14.5. The minimum atomic E-state index is -4.20. The van der Waals surface area contributed by atoms with E-state index in [9.17, 15) is 18.0 Å². The molecule has 0 unspecified atom stereocenters. The minimum absolute atomic E-state index is 0.0187. The van der Waals surface area contributed by atoms with Crippen molar-refractivity contribution in [3.05, 3.63) is 126 Å². The van der Waals surface area contributed by atoms with Gasteiger partial charge in [0.05, 0.1) is 17.2 Å². The molecule has 0 fully saturated rings. The zero-order valence-corrected chi connectivity index (χ0v) is 28.0. The third-order valence-corrected chi connectivity index (χ3v) is 9.08. The number of aryl methyl sites for hydroxylation is 1. The molecule has 1 atom stereocenters. The standard InChI is InChI=1S/C37H43N3O5S/c1-6-45-32-21-23-33(24-22-32)46(43,44)40(31-19-17-28(2)18-20-31)27-35(41)39(26-30-15-11-8-12-16-30)34(36(42)38-37(3,4)5)25-29-13-9-7-10-14-29/h7-24,34H,6,25-27H2,1-5H3,(H,38,42)/t34-/m0/s1. The van der Waals surface area contributed by atoms with Crippen LogP contribution >= 0.6 is 0 Å². The molecule has 0 bridgehead atoms. The van der Waals surface area contributed by atoms with Gasteiger partial charge in [-0.05, 0) is 82.1 Å². The van der Waals surface area contributed by atoms with Crippen molar-refractivity contribution in [3.63, 3.8) is 0 Å². The Morgan fingerprint density at radius 3 is 1.91 bits per heavy atom. The number of rotatable bonds is 13. The summed E-state index contributed by atoms with van der Waals surface area (Å²) in [5, 5.41) is 3.05. The summed E-state index contributed by atoms with van der Waals surface area (Å²) in [6, 6.07) is 31.1. The number of nitrogens with zero attached hydrogens (tertiary/aromatic N) is 2. The van der Waals surface area contributed by atoms with Gasteiger partial charge in [0.25, 0.3) is 10.0 Å². The van der Waals surface area contributed by atoms with Crippen molar-refractivity contribution in [2.24, 2.45) is 0 Å². The topological polar surface area (TPSA) is 96.0 Å². The van der Waals surface area contributed by atoms with E-state index in [-0.39, 0.29) is 23.8 Å². The lowest BCUT2D eigenvalue weighted by Crippen LogP contribution is -2.56. The van der Waals surface area contributed by atoms with Gasteiger partial charge in [0.2, 0.25) is 11.8 Å². The first-order valence-corrected chi connectivity index (χ1v) is 16.8. The van der Waals surface area contributed by atoms with Crippen molar-refractivity contribution >= 4 is 27.5 Å². The van der Waals surface area contributed by atoms with Gasteiger partial charge in [0.15, 0.2) is 0 Å². The van der Waals surface area contributed by atoms with Crippen molar-refractivity contribution in [3.8, 4) is 5.75 Å². The Hall–Kier alpha value is -4.63. The Balaban J connectivity index is 1.79. The number of hydrogen-bond acceptors (Lipinski definition) is 5. The van der Waals surface area contributed by atoms with Gasteiger partial charge in [-0.3, -0.25) is 13.9 Å². The molecule has 0 aromatic heterocycles. The van der Waals surface area contributed by atoms with E-state index in [0.717, 1.165) is 21.0 Å². The number of nitrogens with one attached hydrogen (secondary N) is 1. The number of ether oxygens (including phenoxy) is 1. The quantitative estimate of drug-likeness (QED) is 0.189. The normalized spacial score (nSPS) is 12.2. The summed E-state index contributed by atoms with van der Waals surface area (Å²) in [5.41, 5.74) is 2.42. The Labute approximate surface area is 273 Å². The molecule has 46 heavy (non-hydrogen) atoms. The number of amides is 2. The lowest BCUT2D eigenvalue weighted by Gasteiger charge is -2.35. The van der Waals surface area contributed by atoms with Gasteiger partial charge >= 0.3 is 0 Å². The van der Waals surface area contributed by atoms with Gasteiger partial charge in [-0.25, -0.2) is 8.42 Å². The molecule has 9 heteroatoms. The molecule has 4 rings (SSSR count). The van der Waals surface area contributed by atoms with Crippen LogP contribution < -0.4 is 14.4 Å². The van der Waals surface area contributed by atoms with Gasteiger partial charge < -0.3 is 15.0 Å². The SMILES string of the molecule is CCOc1ccc(S(=O)(=O)N(CC(=O)N(Cc2ccccc2)[C@@H](Cc2ccccc2)C(=O)NC(C)(C)C)c2ccc(C)cc2)cc1. The van der Waals surface area contributed by atoms with E-state index in [0.29, 0.717) is 18.0 Å². The lowest BCUT2D eigenvalue weighted by molar-refractivity contribution is -0.140. The van der Waals surface area contributed by atoms with E-state index in [4.69, 9.17) is 4.74 Å². The van der Waals surface area contributed by atoms with Gasteiger partial charge in [-0.2, -0.15) is 0 Å². The maximum Gasteiger partial charge on any atom is 0.264 e. The number of benzene rings is 4. The highest BCUT2D eigenvalue weighted by Gasteiger charge is 2.35. The van der Waals surface area contributed by atoms with Crippen LogP contribution in [0.3, 0.4) is 0 Å². The minimum Gasteiger partial charge on any atom is -0.494 e. The predicted octanol–water partition coefficient (Wildman–Crippen LogP) is 6.14. The highest BCUT2D eigenvalue weighted by Crippen LogP contribution is 2.27. The van der Waals surface area contributed by atoms with Crippen LogP contribution in [0, 0.1) is 6.92 Å². The molecule has 0 aliphatic heterocycles. The molecular formula is C37H43N3O5S. The molecule has 0 aliphatic rings. The third-order valence-electron chi connectivity index (χ3n) is 7.29. The summed E-state index contributed by atoms with van der Waals surface area (Å²) in [5.74, 6) is -0.289. The van der Waals surface area contributed by atoms with Crippen LogP contribution in [0.25, 0.3) is 0 Å². The highest BCUT2D eigenvalue weighted by molar-refractivity contribution is 7.92. The van der Waals surface area contributed by atoms with E-state index < -0.39 is 34.1 Å². The average molecular weight is 642 g/mol. The maximum atomic E-state index is 14.5. The molecule has 242 valence electrons. The summed E-state index contributed by atoms with van der Waals surface area (Å²) in [6.45, 7) is 9.45. The first-order chi connectivity index (χ1) is 21.9. The molecule has 2 amide bonds. The van der Waals surface area contributed by atoms with Crippen molar-refractivity contribution in [2.75, 3.05) is 17.5 Å². The Bertz CT molecular complexity index is 1690. The molecule has 0 heterocycles. The number of carbonyl (C=O) groups is 2. The molecule has 8 nitrogen and oxygen atoms in total. The summed E-state index contributed by atoms with van der Waals surface area (Å²) in [7, 11) is -4.20. The predicted molar refractivity (Wildman–Crippen MR) is 182 cm³/mol. The monoisotopic (exact) mass is 641 g/mol. The molecular weight excluding hydrogens is 598 g/mol. The van der Waals surface area contributed by atoms with Crippen LogP contribution in [0.2, 0.25) is 0 Å². The van der Waals surface area contributed by atoms with Crippen molar-refractivity contribution in [1.82, 2.24) is 10.2 Å².